The summed E-state index contributed by atoms with van der Waals surface area (Å²) in [5.74, 6) is 0.144. The van der Waals surface area contributed by atoms with Gasteiger partial charge in [0.25, 0.3) is 0 Å². The molecule has 1 aromatic heterocycles. The summed E-state index contributed by atoms with van der Waals surface area (Å²) in [6, 6.07) is 18.7. The third kappa shape index (κ3) is 4.85. The molecule has 2 nitrogen and oxygen atoms in total. The first-order chi connectivity index (χ1) is 12.1. The zero-order chi connectivity index (χ0) is 17.6. The van der Waals surface area contributed by atoms with E-state index >= 15 is 0 Å². The van der Waals surface area contributed by atoms with Gasteiger partial charge in [0, 0.05) is 17.0 Å². The molecule has 0 aliphatic carbocycles. The molecule has 5 heteroatoms. The van der Waals surface area contributed by atoms with Gasteiger partial charge in [-0.25, -0.2) is 0 Å². The van der Waals surface area contributed by atoms with Crippen LogP contribution in [-0.2, 0) is 11.2 Å². The number of carbonyl (C=O) groups excluding carboxylic acids is 1. The first-order valence-corrected chi connectivity index (χ1v) is 9.58. The Kier molecular flexibility index (Phi) is 6.14. The van der Waals surface area contributed by atoms with E-state index in [1.165, 1.54) is 4.88 Å². The van der Waals surface area contributed by atoms with Gasteiger partial charge in [-0.15, -0.1) is 11.3 Å². The summed E-state index contributed by atoms with van der Waals surface area (Å²) < 4.78 is 0. The van der Waals surface area contributed by atoms with E-state index in [4.69, 9.17) is 23.2 Å². The SMILES string of the molecule is O=C(CCc1cccs1)C(Nc1ccc(Cl)c(Cl)c1)c1ccccc1. The molecule has 0 aliphatic heterocycles. The minimum absolute atomic E-state index is 0.144. The molecule has 0 spiro atoms. The Hall–Kier alpha value is -1.81. The predicted molar refractivity (Wildman–Crippen MR) is 107 cm³/mol. The molecule has 3 aromatic rings. The fraction of sp³-hybridized carbons (Fsp3) is 0.150. The maximum Gasteiger partial charge on any atom is 0.159 e. The lowest BCUT2D eigenvalue weighted by molar-refractivity contribution is -0.119. The molecule has 0 saturated heterocycles. The molecule has 128 valence electrons. The number of hydrogen-bond donors (Lipinski definition) is 1. The van der Waals surface area contributed by atoms with Crippen LogP contribution in [0.5, 0.6) is 0 Å². The van der Waals surface area contributed by atoms with E-state index in [0.29, 0.717) is 16.5 Å². The highest BCUT2D eigenvalue weighted by Crippen LogP contribution is 2.28. The zero-order valence-corrected chi connectivity index (χ0v) is 15.7. The van der Waals surface area contributed by atoms with Crippen LogP contribution >= 0.6 is 34.5 Å². The molecule has 25 heavy (non-hydrogen) atoms. The molecule has 0 aliphatic rings. The molecule has 0 fully saturated rings. The number of anilines is 1. The van der Waals surface area contributed by atoms with Crippen LogP contribution in [0.15, 0.2) is 66.0 Å². The predicted octanol–water partition coefficient (Wildman–Crippen LogP) is 6.41. The molecule has 3 rings (SSSR count). The average Bonchev–Trinajstić information content (AvgIpc) is 3.15. The summed E-state index contributed by atoms with van der Waals surface area (Å²) in [6.07, 6.45) is 1.23. The Labute approximate surface area is 161 Å². The van der Waals surface area contributed by atoms with E-state index in [2.05, 4.69) is 11.4 Å². The number of halogens is 2. The van der Waals surface area contributed by atoms with Crippen molar-refractivity contribution in [2.75, 3.05) is 5.32 Å². The number of benzene rings is 2. The van der Waals surface area contributed by atoms with Crippen LogP contribution < -0.4 is 5.32 Å². The van der Waals surface area contributed by atoms with E-state index in [1.807, 2.05) is 47.8 Å². The van der Waals surface area contributed by atoms with Crippen molar-refractivity contribution in [2.24, 2.45) is 0 Å². The van der Waals surface area contributed by atoms with Gasteiger partial charge in [-0.1, -0.05) is 59.6 Å². The highest BCUT2D eigenvalue weighted by molar-refractivity contribution is 7.09. The van der Waals surface area contributed by atoms with Crippen molar-refractivity contribution in [2.45, 2.75) is 18.9 Å². The van der Waals surface area contributed by atoms with Gasteiger partial charge in [-0.3, -0.25) is 4.79 Å². The Morgan fingerprint density at radius 1 is 1.00 bits per heavy atom. The Morgan fingerprint density at radius 2 is 1.80 bits per heavy atom. The summed E-state index contributed by atoms with van der Waals surface area (Å²) in [7, 11) is 0. The Balaban J connectivity index is 1.79. The Morgan fingerprint density at radius 3 is 2.48 bits per heavy atom. The van der Waals surface area contributed by atoms with Crippen LogP contribution in [0.4, 0.5) is 5.69 Å². The summed E-state index contributed by atoms with van der Waals surface area (Å²) in [4.78, 5) is 14.1. The quantitative estimate of drug-likeness (QED) is 0.505. The van der Waals surface area contributed by atoms with Gasteiger partial charge in [-0.2, -0.15) is 0 Å². The minimum Gasteiger partial charge on any atom is -0.372 e. The van der Waals surface area contributed by atoms with Crippen molar-refractivity contribution in [3.8, 4) is 0 Å². The second-order valence-corrected chi connectivity index (χ2v) is 7.51. The molecule has 0 radical (unpaired) electrons. The smallest absolute Gasteiger partial charge is 0.159 e. The van der Waals surface area contributed by atoms with Gasteiger partial charge in [0.2, 0.25) is 0 Å². The highest BCUT2D eigenvalue weighted by Gasteiger charge is 2.20. The molecule has 1 heterocycles. The molecular weight excluding hydrogens is 373 g/mol. The lowest BCUT2D eigenvalue weighted by Crippen LogP contribution is -2.21. The van der Waals surface area contributed by atoms with Crippen molar-refractivity contribution in [1.29, 1.82) is 0 Å². The molecule has 2 aromatic carbocycles. The van der Waals surface area contributed by atoms with E-state index in [1.54, 1.807) is 23.5 Å². The standard InChI is InChI=1S/C20H17Cl2NOS/c21-17-10-8-15(13-18(17)22)23-20(14-5-2-1-3-6-14)19(24)11-9-16-7-4-12-25-16/h1-8,10,12-13,20,23H,9,11H2. The summed E-state index contributed by atoms with van der Waals surface area (Å²) >= 11 is 13.7. The largest absolute Gasteiger partial charge is 0.372 e. The number of rotatable bonds is 7. The van der Waals surface area contributed by atoms with Crippen molar-refractivity contribution < 1.29 is 4.79 Å². The second kappa shape index (κ2) is 8.52. The molecule has 0 bridgehead atoms. The lowest BCUT2D eigenvalue weighted by atomic mass is 9.99. The number of hydrogen-bond acceptors (Lipinski definition) is 3. The van der Waals surface area contributed by atoms with Gasteiger partial charge in [0.1, 0.15) is 6.04 Å². The van der Waals surface area contributed by atoms with E-state index in [-0.39, 0.29) is 5.78 Å². The van der Waals surface area contributed by atoms with Gasteiger partial charge in [0.15, 0.2) is 5.78 Å². The van der Waals surface area contributed by atoms with Gasteiger partial charge in [0.05, 0.1) is 10.0 Å². The fourth-order valence-electron chi connectivity index (χ4n) is 2.59. The van der Waals surface area contributed by atoms with Crippen LogP contribution in [0.1, 0.15) is 22.9 Å². The Bertz CT molecular complexity index is 834. The molecular formula is C20H17Cl2NOS. The minimum atomic E-state index is -0.418. The van der Waals surface area contributed by atoms with E-state index < -0.39 is 6.04 Å². The first kappa shape index (κ1) is 18.0. The highest BCUT2D eigenvalue weighted by atomic mass is 35.5. The van der Waals surface area contributed by atoms with Crippen molar-refractivity contribution in [3.05, 3.63) is 86.5 Å². The summed E-state index contributed by atoms with van der Waals surface area (Å²) in [5.41, 5.74) is 1.71. The topological polar surface area (TPSA) is 29.1 Å². The van der Waals surface area contributed by atoms with Gasteiger partial charge < -0.3 is 5.32 Å². The number of thiophene rings is 1. The normalized spacial score (nSPS) is 11.9. The van der Waals surface area contributed by atoms with Crippen molar-refractivity contribution in [3.63, 3.8) is 0 Å². The number of Topliss-reactive ketones (excluding diaryl/α,β-unsaturated/α-hetero) is 1. The third-order valence-corrected chi connectivity index (χ3v) is 5.56. The molecule has 0 saturated carbocycles. The molecule has 1 unspecified atom stereocenters. The monoisotopic (exact) mass is 389 g/mol. The number of ketones is 1. The lowest BCUT2D eigenvalue weighted by Gasteiger charge is -2.20. The number of aryl methyl sites for hydroxylation is 1. The molecule has 1 N–H and O–H groups in total. The van der Waals surface area contributed by atoms with Crippen LogP contribution in [0.25, 0.3) is 0 Å². The second-order valence-electron chi connectivity index (χ2n) is 5.66. The van der Waals surface area contributed by atoms with Crippen LogP contribution in [-0.4, -0.2) is 5.78 Å². The summed E-state index contributed by atoms with van der Waals surface area (Å²) in [5, 5.41) is 6.29. The molecule has 1 atom stereocenters. The van der Waals surface area contributed by atoms with Crippen LogP contribution in [0, 0.1) is 0 Å². The van der Waals surface area contributed by atoms with E-state index in [0.717, 1.165) is 17.7 Å². The zero-order valence-electron chi connectivity index (χ0n) is 13.4. The summed E-state index contributed by atoms with van der Waals surface area (Å²) in [6.45, 7) is 0. The number of nitrogens with one attached hydrogen (secondary N) is 1. The molecule has 0 amide bonds. The van der Waals surface area contributed by atoms with Crippen molar-refractivity contribution >= 4 is 46.0 Å². The van der Waals surface area contributed by atoms with Gasteiger partial charge >= 0.3 is 0 Å². The third-order valence-electron chi connectivity index (χ3n) is 3.88. The average molecular weight is 390 g/mol. The van der Waals surface area contributed by atoms with Crippen molar-refractivity contribution in [1.82, 2.24) is 0 Å². The maximum absolute atomic E-state index is 12.9. The van der Waals surface area contributed by atoms with Gasteiger partial charge in [-0.05, 0) is 41.6 Å². The first-order valence-electron chi connectivity index (χ1n) is 7.95. The van der Waals surface area contributed by atoms with Crippen LogP contribution in [0.3, 0.4) is 0 Å². The number of carbonyl (C=O) groups is 1. The van der Waals surface area contributed by atoms with Crippen LogP contribution in [0.2, 0.25) is 10.0 Å². The fourth-order valence-corrected chi connectivity index (χ4v) is 3.60. The van der Waals surface area contributed by atoms with E-state index in [9.17, 15) is 4.79 Å². The maximum atomic E-state index is 12.9.